The van der Waals surface area contributed by atoms with Crippen LogP contribution in [0.1, 0.15) is 74.2 Å². The van der Waals surface area contributed by atoms with Gasteiger partial charge in [0.05, 0.1) is 128 Å². The fraction of sp³-hybridized carbons (Fsp3) is 0.583. The number of ether oxygens (including phenoxy) is 9. The summed E-state index contributed by atoms with van der Waals surface area (Å²) in [5, 5.41) is 13.9. The van der Waals surface area contributed by atoms with Crippen LogP contribution in [0.3, 0.4) is 0 Å². The first-order valence-electron chi connectivity index (χ1n) is 23.4. The van der Waals surface area contributed by atoms with E-state index in [9.17, 15) is 31.3 Å². The monoisotopic (exact) mass is 1020 g/mol. The number of carboxylic acids is 1. The molecule has 0 saturated carbocycles. The minimum Gasteiger partial charge on any atom is -0.478 e. The predicted octanol–water partition coefficient (Wildman–Crippen LogP) is 2.75. The predicted molar refractivity (Wildman–Crippen MR) is 258 cm³/mol. The van der Waals surface area contributed by atoms with Crippen molar-refractivity contribution < 1.29 is 73.9 Å². The van der Waals surface area contributed by atoms with Crippen LogP contribution in [-0.2, 0) is 68.9 Å². The van der Waals surface area contributed by atoms with E-state index in [1.807, 2.05) is 41.5 Å². The number of hydrogen-bond acceptors (Lipinski definition) is 17. The number of nitrogens with two attached hydrogens (primary N) is 1. The fourth-order valence-electron chi connectivity index (χ4n) is 8.29. The standard InChI is InChI=1S/C48H68N4O16S2/c1-31-47(3,4)37-29-35-39(33-9-7-8-10-34(33)46(53)54)36-30-38-41(52-32(2)48(38,5)6)45(70(57,58)59)43(36)68-42(35)44(40(37)51-31)69(55,56)50-12-14-61-16-18-63-20-22-65-24-26-67-28-27-66-25-23-64-21-19-62-17-15-60-13-11-49/h7-10,29-32,50-51H,11-28,49H2,1-6H3,(H,53,54)(H,57,58,59). The van der Waals surface area contributed by atoms with E-state index in [2.05, 4.69) is 15.0 Å². The molecule has 0 radical (unpaired) electrons. The summed E-state index contributed by atoms with van der Waals surface area (Å²) in [5.74, 6) is -1.89. The smallest absolute Gasteiger partial charge is 0.336 e. The van der Waals surface area contributed by atoms with Crippen molar-refractivity contribution in [2.24, 2.45) is 10.7 Å². The van der Waals surface area contributed by atoms with E-state index >= 15 is 0 Å². The Morgan fingerprint density at radius 1 is 0.700 bits per heavy atom. The maximum Gasteiger partial charge on any atom is 0.336 e. The van der Waals surface area contributed by atoms with Gasteiger partial charge in [-0.15, -0.1) is 0 Å². The van der Waals surface area contributed by atoms with E-state index in [4.69, 9.17) is 48.4 Å². The van der Waals surface area contributed by atoms with E-state index in [0.29, 0.717) is 104 Å². The SMILES string of the molecule is CC1N=c2c(cc3c(c2S(=O)(=O)O)Oc2c(cc4c(c2S(=O)(=O)NCCOCCOCCOCCOCCOCCOCCOCCOCCN)NC(C)C4(C)C)C=3c2ccccc2C(=O)O)C1(C)C. The number of carboxylic acid groups (broad SMARTS) is 1. The summed E-state index contributed by atoms with van der Waals surface area (Å²) in [4.78, 5) is 16.5. The Balaban J connectivity index is 1.06. The number of sulfonamides is 1. The quantitative estimate of drug-likeness (QED) is 0.0358. The summed E-state index contributed by atoms with van der Waals surface area (Å²) in [6.45, 7) is 17.8. The zero-order chi connectivity index (χ0) is 50.7. The highest BCUT2D eigenvalue weighted by Gasteiger charge is 2.46. The van der Waals surface area contributed by atoms with Crippen molar-refractivity contribution in [1.82, 2.24) is 4.72 Å². The molecule has 3 heterocycles. The average Bonchev–Trinajstić information content (AvgIpc) is 3.67. The van der Waals surface area contributed by atoms with Crippen LogP contribution >= 0.6 is 0 Å². The zero-order valence-corrected chi connectivity index (χ0v) is 42.4. The topological polar surface area (TPSA) is 271 Å². The molecule has 6 rings (SSSR count). The first-order chi connectivity index (χ1) is 33.3. The fourth-order valence-corrected chi connectivity index (χ4v) is 10.4. The van der Waals surface area contributed by atoms with Gasteiger partial charge in [0.2, 0.25) is 10.0 Å². The molecule has 3 aliphatic heterocycles. The Kier molecular flexibility index (Phi) is 19.3. The van der Waals surface area contributed by atoms with E-state index in [1.54, 1.807) is 30.3 Å². The molecule has 70 heavy (non-hydrogen) atoms. The first kappa shape index (κ1) is 55.2. The Hall–Kier alpha value is -4.14. The lowest BCUT2D eigenvalue weighted by Gasteiger charge is -2.29. The number of rotatable bonds is 31. The largest absolute Gasteiger partial charge is 0.478 e. The number of benzene rings is 3. The lowest BCUT2D eigenvalue weighted by Crippen LogP contribution is -2.34. The molecule has 388 valence electrons. The maximum absolute atomic E-state index is 14.7. The van der Waals surface area contributed by atoms with Gasteiger partial charge in [0.15, 0.2) is 16.4 Å². The molecular weight excluding hydrogens is 953 g/mol. The van der Waals surface area contributed by atoms with Crippen molar-refractivity contribution in [3.05, 3.63) is 74.8 Å². The van der Waals surface area contributed by atoms with Crippen LogP contribution in [0.5, 0.6) is 11.5 Å². The van der Waals surface area contributed by atoms with Crippen LogP contribution in [0.15, 0.2) is 51.2 Å². The summed E-state index contributed by atoms with van der Waals surface area (Å²) in [6.07, 6.45) is 0. The molecule has 3 aromatic carbocycles. The molecule has 2 atom stereocenters. The summed E-state index contributed by atoms with van der Waals surface area (Å²) < 4.78 is 120. The van der Waals surface area contributed by atoms with Gasteiger partial charge in [-0.05, 0) is 48.7 Å². The van der Waals surface area contributed by atoms with Crippen LogP contribution in [0.4, 0.5) is 5.69 Å². The van der Waals surface area contributed by atoms with E-state index in [0.717, 1.165) is 0 Å². The van der Waals surface area contributed by atoms with Gasteiger partial charge < -0.3 is 58.8 Å². The van der Waals surface area contributed by atoms with Gasteiger partial charge >= 0.3 is 5.97 Å². The van der Waals surface area contributed by atoms with Crippen LogP contribution in [0.2, 0.25) is 0 Å². The van der Waals surface area contributed by atoms with Crippen molar-refractivity contribution >= 4 is 37.4 Å². The highest BCUT2D eigenvalue weighted by atomic mass is 32.2. The molecule has 0 spiro atoms. The second-order valence-electron chi connectivity index (χ2n) is 18.0. The molecule has 0 amide bonds. The molecule has 0 fully saturated rings. The number of nitrogens with zero attached hydrogens (tertiary/aromatic N) is 1. The molecular formula is C48H68N4O16S2. The minimum atomic E-state index is -5.09. The molecule has 0 aromatic heterocycles. The summed E-state index contributed by atoms with van der Waals surface area (Å²) in [6, 6.07) is 8.97. The highest BCUT2D eigenvalue weighted by molar-refractivity contribution is 7.89. The van der Waals surface area contributed by atoms with Crippen molar-refractivity contribution in [2.75, 3.05) is 124 Å². The van der Waals surface area contributed by atoms with Crippen molar-refractivity contribution in [2.45, 2.75) is 74.2 Å². The zero-order valence-electron chi connectivity index (χ0n) is 40.8. The molecule has 0 bridgehead atoms. The van der Waals surface area contributed by atoms with Crippen LogP contribution in [0, 0.1) is 0 Å². The number of hydrogen-bond donors (Lipinski definition) is 5. The van der Waals surface area contributed by atoms with Gasteiger partial charge in [-0.3, -0.25) is 9.55 Å². The molecule has 6 N–H and O–H groups in total. The Morgan fingerprint density at radius 2 is 1.20 bits per heavy atom. The Morgan fingerprint density at radius 3 is 1.70 bits per heavy atom. The number of carbonyl (C=O) groups is 1. The minimum absolute atomic E-state index is 0.0141. The van der Waals surface area contributed by atoms with Crippen LogP contribution < -0.4 is 31.1 Å². The third-order valence-electron chi connectivity index (χ3n) is 12.7. The molecule has 2 unspecified atom stereocenters. The molecule has 22 heteroatoms. The second-order valence-corrected chi connectivity index (χ2v) is 21.0. The summed E-state index contributed by atoms with van der Waals surface area (Å²) >= 11 is 0. The lowest BCUT2D eigenvalue weighted by atomic mass is 9.78. The lowest BCUT2D eigenvalue weighted by molar-refractivity contribution is -0.0228. The van der Waals surface area contributed by atoms with Gasteiger partial charge in [-0.25, -0.2) is 17.9 Å². The number of nitrogens with one attached hydrogen (secondary N) is 2. The van der Waals surface area contributed by atoms with Crippen molar-refractivity contribution in [3.8, 4) is 11.5 Å². The van der Waals surface area contributed by atoms with E-state index < -0.39 is 47.9 Å². The van der Waals surface area contributed by atoms with Gasteiger partial charge in [0, 0.05) is 46.3 Å². The third-order valence-corrected chi connectivity index (χ3v) is 15.2. The van der Waals surface area contributed by atoms with Crippen LogP contribution in [-0.4, -0.2) is 163 Å². The number of anilines is 1. The highest BCUT2D eigenvalue weighted by Crippen LogP contribution is 2.53. The van der Waals surface area contributed by atoms with E-state index in [-0.39, 0.29) is 87.3 Å². The Labute approximate surface area is 409 Å². The summed E-state index contributed by atoms with van der Waals surface area (Å²) in [5.41, 5.74) is 5.84. The molecule has 3 aromatic rings. The van der Waals surface area contributed by atoms with E-state index in [1.165, 1.54) is 6.07 Å². The van der Waals surface area contributed by atoms with Gasteiger partial charge in [-0.2, -0.15) is 8.42 Å². The Bertz CT molecular complexity index is 2660. The molecule has 0 aliphatic carbocycles. The van der Waals surface area contributed by atoms with Crippen LogP contribution in [0.25, 0.3) is 5.57 Å². The normalized spacial score (nSPS) is 17.6. The van der Waals surface area contributed by atoms with Crippen molar-refractivity contribution in [1.29, 1.82) is 0 Å². The summed E-state index contributed by atoms with van der Waals surface area (Å²) in [7, 11) is -9.60. The number of fused-ring (bicyclic) bond motifs is 4. The molecule has 20 nitrogen and oxygen atoms in total. The van der Waals surface area contributed by atoms with Crippen molar-refractivity contribution in [3.63, 3.8) is 0 Å². The molecule has 0 saturated heterocycles. The number of aromatic carboxylic acids is 1. The van der Waals surface area contributed by atoms with Gasteiger partial charge in [0.25, 0.3) is 10.1 Å². The first-order valence-corrected chi connectivity index (χ1v) is 26.3. The average molecular weight is 1020 g/mol. The van der Waals surface area contributed by atoms with Gasteiger partial charge in [-0.1, -0.05) is 45.9 Å². The second kappa shape index (κ2) is 24.5. The molecule has 3 aliphatic rings. The maximum atomic E-state index is 14.7. The third kappa shape index (κ3) is 12.9. The van der Waals surface area contributed by atoms with Gasteiger partial charge in [0.1, 0.15) is 4.90 Å².